The Morgan fingerprint density at radius 1 is 0.804 bits per heavy atom. The second-order valence-corrected chi connectivity index (χ2v) is 32.8. The van der Waals surface area contributed by atoms with Gasteiger partial charge in [-0.2, -0.15) is 5.06 Å². The Kier molecular flexibility index (Phi) is 10.6. The number of aromatic nitrogens is 4. The van der Waals surface area contributed by atoms with E-state index in [1.165, 1.54) is 6.33 Å². The molecule has 2 aromatic rings. The predicted octanol–water partition coefficient (Wildman–Crippen LogP) is 8.06. The van der Waals surface area contributed by atoms with Crippen molar-refractivity contribution in [2.45, 2.75) is 168 Å². The van der Waals surface area contributed by atoms with Crippen LogP contribution in [0.2, 0.25) is 54.4 Å². The molecule has 11 nitrogen and oxygen atoms in total. The highest BCUT2D eigenvalue weighted by Gasteiger charge is 2.56. The summed E-state index contributed by atoms with van der Waals surface area (Å²) in [6.45, 7) is 39.4. The zero-order valence-electron chi connectivity index (χ0n) is 31.9. The average Bonchev–Trinajstić information content (AvgIpc) is 3.38. The van der Waals surface area contributed by atoms with Gasteiger partial charge in [-0.15, -0.1) is 0 Å². The summed E-state index contributed by atoms with van der Waals surface area (Å²) >= 11 is 0. The second-order valence-electron chi connectivity index (χ2n) is 18.5. The lowest BCUT2D eigenvalue weighted by Crippen LogP contribution is -2.54. The summed E-state index contributed by atoms with van der Waals surface area (Å²) in [4.78, 5) is 13.5. The van der Waals surface area contributed by atoms with Crippen LogP contribution >= 0.6 is 0 Å². The van der Waals surface area contributed by atoms with Crippen LogP contribution in [0.1, 0.15) is 89.3 Å². The topological polar surface area (TPSA) is 130 Å². The Bertz CT molecular complexity index is 1370. The number of hydrogen-bond acceptors (Lipinski definition) is 9. The zero-order valence-corrected chi connectivity index (χ0v) is 34.9. The zero-order chi connectivity index (χ0) is 35.6. The van der Waals surface area contributed by atoms with Crippen molar-refractivity contribution in [2.75, 3.05) is 17.4 Å². The summed E-state index contributed by atoms with van der Waals surface area (Å²) in [6.07, 6.45) is -0.911. The van der Waals surface area contributed by atoms with E-state index in [0.717, 1.165) is 5.06 Å². The number of rotatable bonds is 9. The largest absolute Gasteiger partial charge is 0.414 e. The van der Waals surface area contributed by atoms with Crippen LogP contribution < -0.4 is 10.8 Å². The van der Waals surface area contributed by atoms with E-state index < -0.39 is 55.0 Å². The summed E-state index contributed by atoms with van der Waals surface area (Å²) in [7, 11) is -6.95. The Morgan fingerprint density at radius 3 is 1.74 bits per heavy atom. The van der Waals surface area contributed by atoms with Gasteiger partial charge in [-0.3, -0.25) is 4.57 Å². The van der Waals surface area contributed by atoms with Crippen molar-refractivity contribution in [1.82, 2.24) is 19.5 Å². The van der Waals surface area contributed by atoms with E-state index in [0.29, 0.717) is 17.8 Å². The van der Waals surface area contributed by atoms with E-state index in [9.17, 15) is 5.21 Å². The number of nitrogens with two attached hydrogens (primary N) is 1. The first-order valence-corrected chi connectivity index (χ1v) is 25.3. The molecular formula is C32H63N6O5Si3. The molecule has 1 aliphatic rings. The first kappa shape index (κ1) is 39.0. The normalized spacial score (nSPS) is 22.6. The SMILES string of the molecule is CC(C)(C)N([O])c1nc2c(N)ncnc2n1[C@@H]1O[C@H](CO[Si](C)(C)C(C)(C)C)[C@@H](O[Si](C)(C)C(C)(C)C)[C@H]1O[Si](C)(C)C(C)(C)C. The van der Waals surface area contributed by atoms with Crippen molar-refractivity contribution in [1.29, 1.82) is 0 Å². The fourth-order valence-corrected chi connectivity index (χ4v) is 8.07. The van der Waals surface area contributed by atoms with Crippen LogP contribution in [0, 0.1) is 0 Å². The van der Waals surface area contributed by atoms with E-state index in [-0.39, 0.29) is 26.9 Å². The van der Waals surface area contributed by atoms with Crippen LogP contribution in [0.3, 0.4) is 0 Å². The molecule has 0 bridgehead atoms. The minimum Gasteiger partial charge on any atom is -0.414 e. The van der Waals surface area contributed by atoms with Crippen LogP contribution in [-0.4, -0.2) is 74.9 Å². The molecule has 0 spiro atoms. The summed E-state index contributed by atoms with van der Waals surface area (Å²) in [5.41, 5.74) is 6.27. The molecule has 2 aromatic heterocycles. The minimum absolute atomic E-state index is 0.00969. The van der Waals surface area contributed by atoms with Crippen molar-refractivity contribution < 1.29 is 23.2 Å². The van der Waals surface area contributed by atoms with Crippen LogP contribution in [0.25, 0.3) is 11.2 Å². The number of anilines is 2. The molecule has 0 amide bonds. The number of nitrogen functional groups attached to an aromatic ring is 1. The molecule has 1 fully saturated rings. The van der Waals surface area contributed by atoms with E-state index in [4.69, 9.17) is 28.7 Å². The highest BCUT2D eigenvalue weighted by molar-refractivity contribution is 6.75. The lowest BCUT2D eigenvalue weighted by Gasteiger charge is -2.44. The van der Waals surface area contributed by atoms with Crippen molar-refractivity contribution in [3.63, 3.8) is 0 Å². The van der Waals surface area contributed by atoms with Crippen molar-refractivity contribution in [3.05, 3.63) is 6.33 Å². The molecule has 46 heavy (non-hydrogen) atoms. The number of imidazole rings is 1. The van der Waals surface area contributed by atoms with Gasteiger partial charge < -0.3 is 23.7 Å². The van der Waals surface area contributed by atoms with Crippen LogP contribution in [0.5, 0.6) is 0 Å². The summed E-state index contributed by atoms with van der Waals surface area (Å²) in [6, 6.07) is 0. The third kappa shape index (κ3) is 7.74. The fraction of sp³-hybridized carbons (Fsp3) is 0.844. The van der Waals surface area contributed by atoms with Gasteiger partial charge in [0.25, 0.3) is 0 Å². The lowest BCUT2D eigenvalue weighted by molar-refractivity contribution is -0.0486. The number of hydroxylamine groups is 1. The first-order chi connectivity index (χ1) is 20.4. The highest BCUT2D eigenvalue weighted by atomic mass is 28.4. The molecule has 0 unspecified atom stereocenters. The van der Waals surface area contributed by atoms with Crippen molar-refractivity contribution in [2.24, 2.45) is 0 Å². The smallest absolute Gasteiger partial charge is 0.237 e. The maximum absolute atomic E-state index is 14.0. The summed E-state index contributed by atoms with van der Waals surface area (Å²) in [5, 5.41) is 14.7. The molecule has 1 aliphatic heterocycles. The third-order valence-electron chi connectivity index (χ3n) is 10.7. The van der Waals surface area contributed by atoms with Gasteiger partial charge >= 0.3 is 0 Å². The van der Waals surface area contributed by atoms with Gasteiger partial charge in [-0.05, 0) is 75.2 Å². The number of nitrogens with zero attached hydrogens (tertiary/aromatic N) is 5. The van der Waals surface area contributed by atoms with E-state index >= 15 is 0 Å². The van der Waals surface area contributed by atoms with Crippen molar-refractivity contribution >= 4 is 47.9 Å². The van der Waals surface area contributed by atoms with Gasteiger partial charge in [0.05, 0.1) is 12.1 Å². The van der Waals surface area contributed by atoms with Crippen LogP contribution in [0.15, 0.2) is 6.33 Å². The Morgan fingerprint density at radius 2 is 1.28 bits per heavy atom. The molecule has 0 aromatic carbocycles. The molecule has 3 heterocycles. The molecule has 1 saturated heterocycles. The Balaban J connectivity index is 2.33. The number of fused-ring (bicyclic) bond motifs is 1. The summed E-state index contributed by atoms with van der Waals surface area (Å²) in [5.74, 6) is 0.333. The molecule has 2 N–H and O–H groups in total. The van der Waals surface area contributed by atoms with Gasteiger partial charge in [0.15, 0.2) is 48.2 Å². The average molecular weight is 696 g/mol. The summed E-state index contributed by atoms with van der Waals surface area (Å²) < 4.78 is 30.3. The van der Waals surface area contributed by atoms with Crippen molar-refractivity contribution in [3.8, 4) is 0 Å². The molecule has 0 saturated carbocycles. The fourth-order valence-electron chi connectivity index (χ4n) is 4.45. The Labute approximate surface area is 281 Å². The maximum atomic E-state index is 14.0. The van der Waals surface area contributed by atoms with Gasteiger partial charge in [-0.25, -0.2) is 15.0 Å². The lowest BCUT2D eigenvalue weighted by atomic mass is 10.1. The quantitative estimate of drug-likeness (QED) is 0.205. The van der Waals surface area contributed by atoms with Crippen LogP contribution in [0.4, 0.5) is 11.8 Å². The highest BCUT2D eigenvalue weighted by Crippen LogP contribution is 2.48. The van der Waals surface area contributed by atoms with E-state index in [1.807, 2.05) is 20.8 Å². The number of hydrogen-bond donors (Lipinski definition) is 1. The van der Waals surface area contributed by atoms with Crippen LogP contribution in [-0.2, 0) is 23.2 Å². The standard InChI is InChI=1S/C32H63N6O5Si3/c1-29(2,3)38(39)28-36-22-25(33)34-20-35-26(22)37(28)27-24(43-46(17,18)32(10,11)12)23(42-45(15,16)31(7,8)9)21(41-27)19-40-44(13,14)30(4,5)6/h20-21,23-24,27H,19H2,1-18H3,(H2,33,34,35)/t21-,23-,24-,27-/m1/s1. The molecule has 3 rings (SSSR count). The monoisotopic (exact) mass is 695 g/mol. The molecular weight excluding hydrogens is 633 g/mol. The van der Waals surface area contributed by atoms with Gasteiger partial charge in [0, 0.05) is 0 Å². The van der Waals surface area contributed by atoms with E-state index in [2.05, 4.69) is 112 Å². The van der Waals surface area contributed by atoms with Gasteiger partial charge in [0.1, 0.15) is 24.6 Å². The van der Waals surface area contributed by atoms with Gasteiger partial charge in [-0.1, -0.05) is 67.5 Å². The molecule has 263 valence electrons. The third-order valence-corrected chi connectivity index (χ3v) is 24.2. The Hall–Kier alpha value is -1.40. The minimum atomic E-state index is -2.43. The molecule has 0 aliphatic carbocycles. The molecule has 4 atom stereocenters. The van der Waals surface area contributed by atoms with Gasteiger partial charge in [0.2, 0.25) is 5.95 Å². The first-order valence-electron chi connectivity index (χ1n) is 16.5. The predicted molar refractivity (Wildman–Crippen MR) is 194 cm³/mol. The number of ether oxygens (including phenoxy) is 1. The maximum Gasteiger partial charge on any atom is 0.237 e. The van der Waals surface area contributed by atoms with E-state index in [1.54, 1.807) is 4.57 Å². The molecule has 14 heteroatoms. The molecule has 1 radical (unpaired) electrons. The second kappa shape index (κ2) is 12.5.